The van der Waals surface area contributed by atoms with Gasteiger partial charge in [0.15, 0.2) is 0 Å². The highest BCUT2D eigenvalue weighted by molar-refractivity contribution is 9.13. The molecule has 0 fully saturated rings. The highest BCUT2D eigenvalue weighted by Crippen LogP contribution is 2.38. The number of nitrogens with two attached hydrogens (primary N) is 2. The molecule has 1 aliphatic heterocycles. The number of amides is 2. The van der Waals surface area contributed by atoms with Crippen LogP contribution >= 0.6 is 31.9 Å². The van der Waals surface area contributed by atoms with Crippen molar-refractivity contribution < 1.29 is 9.59 Å². The molecular weight excluding hydrogens is 406 g/mol. The molecule has 0 aliphatic carbocycles. The van der Waals surface area contributed by atoms with Crippen molar-refractivity contribution in [1.29, 1.82) is 0 Å². The molecule has 0 saturated heterocycles. The number of aliphatic imine (C=N–C) groups is 1. The number of allylic oxidation sites excluding steroid dienone is 1. The smallest absolute Gasteiger partial charge is 0.277 e. The van der Waals surface area contributed by atoms with Crippen LogP contribution in [0.2, 0.25) is 0 Å². The summed E-state index contributed by atoms with van der Waals surface area (Å²) >= 11 is 6.69. The summed E-state index contributed by atoms with van der Waals surface area (Å²) in [7, 11) is 0. The maximum atomic E-state index is 12.0. The second kappa shape index (κ2) is 6.02. The fraction of sp³-hybridized carbons (Fsp3) is 0.250. The van der Waals surface area contributed by atoms with Crippen molar-refractivity contribution in [3.8, 4) is 0 Å². The number of aromatic nitrogens is 1. The zero-order valence-corrected chi connectivity index (χ0v) is 14.3. The molecule has 9 heteroatoms. The van der Waals surface area contributed by atoms with E-state index in [2.05, 4.69) is 47.2 Å². The van der Waals surface area contributed by atoms with Crippen LogP contribution in [0.15, 0.2) is 19.8 Å². The lowest BCUT2D eigenvalue weighted by Gasteiger charge is -2.09. The van der Waals surface area contributed by atoms with E-state index in [0.29, 0.717) is 26.6 Å². The highest BCUT2D eigenvalue weighted by Gasteiger charge is 2.28. The summed E-state index contributed by atoms with van der Waals surface area (Å²) in [5, 5.41) is 2.43. The summed E-state index contributed by atoms with van der Waals surface area (Å²) in [6, 6.07) is 0. The van der Waals surface area contributed by atoms with E-state index in [4.69, 9.17) is 11.5 Å². The van der Waals surface area contributed by atoms with Crippen molar-refractivity contribution in [3.63, 3.8) is 0 Å². The first-order chi connectivity index (χ1) is 9.86. The second-order valence-electron chi connectivity index (χ2n) is 4.40. The van der Waals surface area contributed by atoms with Gasteiger partial charge in [0.25, 0.3) is 11.8 Å². The molecule has 2 amide bonds. The summed E-state index contributed by atoms with van der Waals surface area (Å²) in [4.78, 5) is 30.5. The van der Waals surface area contributed by atoms with E-state index in [-0.39, 0.29) is 17.4 Å². The number of hydrogen-bond acceptors (Lipinski definition) is 4. The molecule has 0 radical (unpaired) electrons. The Morgan fingerprint density at radius 1 is 1.38 bits per heavy atom. The van der Waals surface area contributed by atoms with Gasteiger partial charge in [-0.1, -0.05) is 13.3 Å². The number of nitrogens with zero attached hydrogens (tertiary/aromatic N) is 1. The molecule has 0 unspecified atom stereocenters. The van der Waals surface area contributed by atoms with E-state index in [0.717, 1.165) is 6.42 Å². The van der Waals surface area contributed by atoms with Gasteiger partial charge in [-0.15, -0.1) is 0 Å². The number of H-pyrrole nitrogens is 1. The quantitative estimate of drug-likeness (QED) is 0.554. The first-order valence-corrected chi connectivity index (χ1v) is 7.71. The minimum atomic E-state index is -0.624. The maximum absolute atomic E-state index is 12.0. The lowest BCUT2D eigenvalue weighted by molar-refractivity contribution is -0.115. The van der Waals surface area contributed by atoms with Crippen LogP contribution in [0, 0.1) is 0 Å². The Kier molecular flexibility index (Phi) is 4.52. The van der Waals surface area contributed by atoms with Crippen LogP contribution in [0.3, 0.4) is 0 Å². The van der Waals surface area contributed by atoms with Gasteiger partial charge in [0, 0.05) is 5.56 Å². The third kappa shape index (κ3) is 2.88. The Bertz CT molecular complexity index is 690. The topological polar surface area (TPSA) is 126 Å². The monoisotopic (exact) mass is 417 g/mol. The van der Waals surface area contributed by atoms with Crippen molar-refractivity contribution in [2.75, 3.05) is 0 Å². The van der Waals surface area contributed by atoms with Crippen LogP contribution < -0.4 is 16.8 Å². The Hall–Kier alpha value is -1.61. The van der Waals surface area contributed by atoms with Gasteiger partial charge in [-0.3, -0.25) is 14.9 Å². The average molecular weight is 419 g/mol. The van der Waals surface area contributed by atoms with Gasteiger partial charge in [-0.05, 0) is 43.9 Å². The lowest BCUT2D eigenvalue weighted by Crippen LogP contribution is -2.30. The van der Waals surface area contributed by atoms with Gasteiger partial charge in [-0.25, -0.2) is 4.99 Å². The summed E-state index contributed by atoms with van der Waals surface area (Å²) in [6.45, 7) is 1.96. The molecule has 6 N–H and O–H groups in total. The summed E-state index contributed by atoms with van der Waals surface area (Å²) in [5.74, 6) is -0.980. The molecule has 2 rings (SSSR count). The molecule has 1 aromatic heterocycles. The van der Waals surface area contributed by atoms with E-state index in [1.807, 2.05) is 6.92 Å². The molecule has 0 saturated carbocycles. The molecule has 7 nitrogen and oxygen atoms in total. The van der Waals surface area contributed by atoms with Gasteiger partial charge >= 0.3 is 0 Å². The number of nitrogens with one attached hydrogen (secondary N) is 2. The molecule has 1 aliphatic rings. The Morgan fingerprint density at radius 3 is 2.52 bits per heavy atom. The summed E-state index contributed by atoms with van der Waals surface area (Å²) < 4.78 is 1.18. The zero-order valence-electron chi connectivity index (χ0n) is 11.1. The van der Waals surface area contributed by atoms with Crippen molar-refractivity contribution in [2.24, 2.45) is 16.5 Å². The van der Waals surface area contributed by atoms with Gasteiger partial charge in [0.2, 0.25) is 5.96 Å². The molecule has 0 spiro atoms. The predicted molar refractivity (Wildman–Crippen MR) is 86.3 cm³/mol. The number of rotatable bonds is 4. The molecular formula is C12H13Br2N5O2. The van der Waals surface area contributed by atoms with Crippen molar-refractivity contribution in [3.05, 3.63) is 26.0 Å². The number of hydrogen-bond donors (Lipinski definition) is 4. The predicted octanol–water partition coefficient (Wildman–Crippen LogP) is 1.59. The zero-order chi connectivity index (χ0) is 15.7. The van der Waals surface area contributed by atoms with E-state index in [1.165, 1.54) is 0 Å². The Morgan fingerprint density at radius 2 is 2.05 bits per heavy atom. The van der Waals surface area contributed by atoms with E-state index >= 15 is 0 Å². The number of primary amides is 1. The number of halogens is 2. The van der Waals surface area contributed by atoms with Crippen LogP contribution in [0.1, 0.15) is 35.8 Å². The lowest BCUT2D eigenvalue weighted by atomic mass is 9.99. The van der Waals surface area contributed by atoms with Crippen LogP contribution in [-0.4, -0.2) is 22.8 Å². The van der Waals surface area contributed by atoms with E-state index in [1.54, 1.807) is 0 Å². The second-order valence-corrected chi connectivity index (χ2v) is 5.98. The maximum Gasteiger partial charge on any atom is 0.277 e. The fourth-order valence-corrected chi connectivity index (χ4v) is 3.04. The van der Waals surface area contributed by atoms with Gasteiger partial charge in [0.05, 0.1) is 9.08 Å². The minimum absolute atomic E-state index is 0.0370. The standard InChI is InChI=1S/C12H13Br2N5O2/c1-2-3-4(7-11(21)19-12(16)18-7)5-6(13)9(14)17-8(5)10(15)20/h17H,2-3H2,1H3,(H2,15,20)(H3,16,18,19,21)/b7-4-. The van der Waals surface area contributed by atoms with Crippen LogP contribution in [0.4, 0.5) is 0 Å². The van der Waals surface area contributed by atoms with Crippen LogP contribution in [0.25, 0.3) is 5.57 Å². The van der Waals surface area contributed by atoms with Crippen LogP contribution in [0.5, 0.6) is 0 Å². The van der Waals surface area contributed by atoms with E-state index in [9.17, 15) is 9.59 Å². The van der Waals surface area contributed by atoms with Gasteiger partial charge in [-0.2, -0.15) is 0 Å². The fourth-order valence-electron chi connectivity index (χ4n) is 2.11. The summed E-state index contributed by atoms with van der Waals surface area (Å²) in [6.07, 6.45) is 1.30. The molecule has 1 aromatic rings. The number of guanidine groups is 1. The van der Waals surface area contributed by atoms with Crippen molar-refractivity contribution in [2.45, 2.75) is 19.8 Å². The molecule has 0 bridgehead atoms. The Labute approximate surface area is 137 Å². The molecule has 21 heavy (non-hydrogen) atoms. The number of aromatic amines is 1. The van der Waals surface area contributed by atoms with Crippen molar-refractivity contribution >= 4 is 55.2 Å². The molecule has 2 heterocycles. The first kappa shape index (κ1) is 15.8. The average Bonchev–Trinajstić information content (AvgIpc) is 2.88. The SMILES string of the molecule is CCC/C(=C1/N=C(N)NC1=O)c1c(C(N)=O)[nH]c(Br)c1Br. The number of carbonyl (C=O) groups excluding carboxylic acids is 2. The normalized spacial score (nSPS) is 16.7. The molecule has 0 aromatic carbocycles. The third-order valence-corrected chi connectivity index (χ3v) is 4.84. The third-order valence-electron chi connectivity index (χ3n) is 2.92. The summed E-state index contributed by atoms with van der Waals surface area (Å²) in [5.41, 5.74) is 12.5. The molecule has 0 atom stereocenters. The van der Waals surface area contributed by atoms with Crippen molar-refractivity contribution in [1.82, 2.24) is 10.3 Å². The minimum Gasteiger partial charge on any atom is -0.369 e. The van der Waals surface area contributed by atoms with Gasteiger partial charge < -0.3 is 16.5 Å². The van der Waals surface area contributed by atoms with E-state index < -0.39 is 11.8 Å². The Balaban J connectivity index is 2.73. The van der Waals surface area contributed by atoms with Gasteiger partial charge in [0.1, 0.15) is 11.4 Å². The molecule has 112 valence electrons. The number of carbonyl (C=O) groups is 2. The highest BCUT2D eigenvalue weighted by atomic mass is 79.9. The van der Waals surface area contributed by atoms with Crippen LogP contribution in [-0.2, 0) is 4.79 Å². The first-order valence-electron chi connectivity index (χ1n) is 6.12. The largest absolute Gasteiger partial charge is 0.369 e.